The highest BCUT2D eigenvalue weighted by atomic mass is 35.5. The van der Waals surface area contributed by atoms with E-state index in [1.165, 1.54) is 5.56 Å². The molecule has 0 bridgehead atoms. The number of rotatable bonds is 8. The zero-order chi connectivity index (χ0) is 17.9. The lowest BCUT2D eigenvalue weighted by atomic mass is 10.1. The van der Waals surface area contributed by atoms with Crippen molar-refractivity contribution in [2.75, 3.05) is 20.2 Å². The predicted molar refractivity (Wildman–Crippen MR) is 103 cm³/mol. The van der Waals surface area contributed by atoms with Crippen LogP contribution in [0.4, 0.5) is 0 Å². The van der Waals surface area contributed by atoms with Crippen LogP contribution in [0.1, 0.15) is 23.6 Å². The van der Waals surface area contributed by atoms with Gasteiger partial charge in [-0.05, 0) is 36.1 Å². The Kier molecular flexibility index (Phi) is 8.22. The molecule has 0 aliphatic carbocycles. The molecule has 1 aromatic carbocycles. The molecule has 2 rings (SSSR count). The molecule has 2 aromatic rings. The second-order valence-corrected chi connectivity index (χ2v) is 6.00. The normalized spacial score (nSPS) is 11.4. The largest absolute Gasteiger partial charge is 0.380 e. The number of ether oxygens (including phenoxy) is 1. The topological polar surface area (TPSA) is 58.5 Å². The lowest BCUT2D eigenvalue weighted by Crippen LogP contribution is -2.38. The van der Waals surface area contributed by atoms with Crippen molar-refractivity contribution in [3.8, 4) is 0 Å². The number of guanidine groups is 1. The minimum atomic E-state index is 0.517. The quantitative estimate of drug-likeness (QED) is 0.431. The van der Waals surface area contributed by atoms with Gasteiger partial charge >= 0.3 is 0 Å². The number of hydrogen-bond donors (Lipinski definition) is 2. The summed E-state index contributed by atoms with van der Waals surface area (Å²) in [6.45, 7) is 4.92. The summed E-state index contributed by atoms with van der Waals surface area (Å²) in [5.41, 5.74) is 3.47. The SMILES string of the molecule is CCNC(=NCc1ccc(COC)cc1)NCCc1ccc(Cl)nc1. The second-order valence-electron chi connectivity index (χ2n) is 5.61. The van der Waals surface area contributed by atoms with E-state index in [0.29, 0.717) is 18.3 Å². The van der Waals surface area contributed by atoms with Crippen molar-refractivity contribution < 1.29 is 4.74 Å². The van der Waals surface area contributed by atoms with Crippen LogP contribution in [0.25, 0.3) is 0 Å². The Bertz CT molecular complexity index is 656. The summed E-state index contributed by atoms with van der Waals surface area (Å²) in [7, 11) is 1.70. The van der Waals surface area contributed by atoms with E-state index in [1.54, 1.807) is 13.3 Å². The maximum absolute atomic E-state index is 5.80. The number of nitrogens with zero attached hydrogens (tertiary/aromatic N) is 2. The van der Waals surface area contributed by atoms with E-state index in [1.807, 2.05) is 12.1 Å². The summed E-state index contributed by atoms with van der Waals surface area (Å²) in [6.07, 6.45) is 2.66. The molecule has 0 aliphatic rings. The van der Waals surface area contributed by atoms with Crippen LogP contribution >= 0.6 is 11.6 Å². The van der Waals surface area contributed by atoms with Gasteiger partial charge in [0, 0.05) is 26.4 Å². The summed E-state index contributed by atoms with van der Waals surface area (Å²) >= 11 is 5.80. The van der Waals surface area contributed by atoms with E-state index in [0.717, 1.165) is 36.6 Å². The zero-order valence-electron chi connectivity index (χ0n) is 14.8. The number of methoxy groups -OCH3 is 1. The summed E-state index contributed by atoms with van der Waals surface area (Å²) in [4.78, 5) is 8.72. The van der Waals surface area contributed by atoms with Gasteiger partial charge in [-0.15, -0.1) is 0 Å². The number of aromatic nitrogens is 1. The lowest BCUT2D eigenvalue weighted by Gasteiger charge is -2.11. The molecule has 25 heavy (non-hydrogen) atoms. The highest BCUT2D eigenvalue weighted by molar-refractivity contribution is 6.29. The van der Waals surface area contributed by atoms with Crippen LogP contribution in [0.5, 0.6) is 0 Å². The number of pyridine rings is 1. The fraction of sp³-hybridized carbons (Fsp3) is 0.368. The van der Waals surface area contributed by atoms with Crippen molar-refractivity contribution in [1.82, 2.24) is 15.6 Å². The highest BCUT2D eigenvalue weighted by Gasteiger charge is 2.00. The fourth-order valence-corrected chi connectivity index (χ4v) is 2.41. The molecule has 2 N–H and O–H groups in total. The fourth-order valence-electron chi connectivity index (χ4n) is 2.30. The summed E-state index contributed by atoms with van der Waals surface area (Å²) < 4.78 is 5.13. The van der Waals surface area contributed by atoms with E-state index in [9.17, 15) is 0 Å². The molecule has 0 saturated heterocycles. The number of hydrogen-bond acceptors (Lipinski definition) is 3. The number of halogens is 1. The molecule has 0 radical (unpaired) electrons. The average molecular weight is 361 g/mol. The zero-order valence-corrected chi connectivity index (χ0v) is 15.5. The molecule has 1 heterocycles. The minimum absolute atomic E-state index is 0.517. The molecule has 0 spiro atoms. The van der Waals surface area contributed by atoms with E-state index < -0.39 is 0 Å². The van der Waals surface area contributed by atoms with Crippen molar-refractivity contribution in [2.45, 2.75) is 26.5 Å². The molecule has 5 nitrogen and oxygen atoms in total. The van der Waals surface area contributed by atoms with Crippen molar-refractivity contribution in [3.05, 3.63) is 64.4 Å². The maximum Gasteiger partial charge on any atom is 0.191 e. The molecule has 0 amide bonds. The Morgan fingerprint density at radius 3 is 2.44 bits per heavy atom. The van der Waals surface area contributed by atoms with Crippen LogP contribution in [0.3, 0.4) is 0 Å². The Balaban J connectivity index is 1.85. The molecular formula is C19H25ClN4O. The van der Waals surface area contributed by atoms with Gasteiger partial charge in [0.2, 0.25) is 0 Å². The molecule has 0 atom stereocenters. The Labute approximate surface area is 154 Å². The number of nitrogens with one attached hydrogen (secondary N) is 2. The van der Waals surface area contributed by atoms with Gasteiger partial charge in [-0.3, -0.25) is 0 Å². The van der Waals surface area contributed by atoms with Gasteiger partial charge in [0.15, 0.2) is 5.96 Å². The Morgan fingerprint density at radius 1 is 1.08 bits per heavy atom. The van der Waals surface area contributed by atoms with Crippen LogP contribution in [0, 0.1) is 0 Å². The minimum Gasteiger partial charge on any atom is -0.380 e. The molecule has 6 heteroatoms. The molecule has 0 aliphatic heterocycles. The van der Waals surface area contributed by atoms with Crippen molar-refractivity contribution in [3.63, 3.8) is 0 Å². The average Bonchev–Trinajstić information content (AvgIpc) is 2.63. The van der Waals surface area contributed by atoms with Crippen molar-refractivity contribution in [1.29, 1.82) is 0 Å². The van der Waals surface area contributed by atoms with E-state index in [-0.39, 0.29) is 0 Å². The first-order valence-corrected chi connectivity index (χ1v) is 8.78. The molecule has 0 fully saturated rings. The third kappa shape index (κ3) is 7.11. The first kappa shape index (κ1) is 19.2. The first-order chi connectivity index (χ1) is 12.2. The summed E-state index contributed by atoms with van der Waals surface area (Å²) in [5, 5.41) is 7.12. The van der Waals surface area contributed by atoms with Gasteiger partial charge in [0.05, 0.1) is 13.2 Å². The molecule has 0 unspecified atom stereocenters. The maximum atomic E-state index is 5.80. The lowest BCUT2D eigenvalue weighted by molar-refractivity contribution is 0.185. The van der Waals surface area contributed by atoms with Crippen molar-refractivity contribution >= 4 is 17.6 Å². The molecule has 0 saturated carbocycles. The third-order valence-electron chi connectivity index (χ3n) is 3.59. The summed E-state index contributed by atoms with van der Waals surface area (Å²) in [5.74, 6) is 0.811. The van der Waals surface area contributed by atoms with Crippen LogP contribution in [0.2, 0.25) is 5.15 Å². The van der Waals surface area contributed by atoms with Crippen LogP contribution in [0.15, 0.2) is 47.6 Å². The van der Waals surface area contributed by atoms with Gasteiger partial charge in [-0.1, -0.05) is 41.9 Å². The van der Waals surface area contributed by atoms with Gasteiger partial charge in [0.25, 0.3) is 0 Å². The van der Waals surface area contributed by atoms with Crippen molar-refractivity contribution in [2.24, 2.45) is 4.99 Å². The van der Waals surface area contributed by atoms with Crippen LogP contribution in [-0.4, -0.2) is 31.1 Å². The highest BCUT2D eigenvalue weighted by Crippen LogP contribution is 2.07. The van der Waals surface area contributed by atoms with E-state index in [2.05, 4.69) is 51.8 Å². The Morgan fingerprint density at radius 2 is 1.80 bits per heavy atom. The summed E-state index contributed by atoms with van der Waals surface area (Å²) in [6, 6.07) is 12.1. The van der Waals surface area contributed by atoms with Gasteiger partial charge < -0.3 is 15.4 Å². The van der Waals surface area contributed by atoms with Gasteiger partial charge in [-0.25, -0.2) is 9.98 Å². The van der Waals surface area contributed by atoms with Crippen LogP contribution in [-0.2, 0) is 24.3 Å². The van der Waals surface area contributed by atoms with Gasteiger partial charge in [0.1, 0.15) is 5.15 Å². The third-order valence-corrected chi connectivity index (χ3v) is 3.82. The monoisotopic (exact) mass is 360 g/mol. The second kappa shape index (κ2) is 10.7. The van der Waals surface area contributed by atoms with E-state index >= 15 is 0 Å². The van der Waals surface area contributed by atoms with Crippen LogP contribution < -0.4 is 10.6 Å². The number of benzene rings is 1. The first-order valence-electron chi connectivity index (χ1n) is 8.40. The molecule has 1 aromatic heterocycles. The smallest absolute Gasteiger partial charge is 0.191 e. The standard InChI is InChI=1S/C19H25ClN4O/c1-3-21-19(22-11-10-16-8-9-18(20)23-12-16)24-13-15-4-6-17(7-5-15)14-25-2/h4-9,12H,3,10-11,13-14H2,1-2H3,(H2,21,22,24). The predicted octanol–water partition coefficient (Wildman–Crippen LogP) is 3.18. The van der Waals surface area contributed by atoms with E-state index in [4.69, 9.17) is 16.3 Å². The molecular weight excluding hydrogens is 336 g/mol. The number of aliphatic imine (C=N–C) groups is 1. The Hall–Kier alpha value is -2.11. The van der Waals surface area contributed by atoms with Gasteiger partial charge in [-0.2, -0.15) is 0 Å². The molecule has 134 valence electrons.